The SMILES string of the molecule is C=CCOC(=O)c1ccc2c(c1)c(C)c(C)n2Cc1ccc(Cl)c(O[C@H](C(=O)O)C(C)C)c1. The van der Waals surface area contributed by atoms with E-state index in [1.807, 2.05) is 32.0 Å². The fourth-order valence-corrected chi connectivity index (χ4v) is 3.89. The number of esters is 1. The van der Waals surface area contributed by atoms with Crippen LogP contribution < -0.4 is 4.74 Å². The normalized spacial score (nSPS) is 12.1. The van der Waals surface area contributed by atoms with Crippen LogP contribution in [0, 0.1) is 19.8 Å². The molecule has 6 nitrogen and oxygen atoms in total. The van der Waals surface area contributed by atoms with Crippen molar-refractivity contribution in [3.63, 3.8) is 0 Å². The third kappa shape index (κ3) is 5.22. The summed E-state index contributed by atoms with van der Waals surface area (Å²) in [6.07, 6.45) is 0.542. The van der Waals surface area contributed by atoms with Gasteiger partial charge in [-0.3, -0.25) is 0 Å². The van der Waals surface area contributed by atoms with E-state index in [2.05, 4.69) is 11.1 Å². The number of carbonyl (C=O) groups is 2. The van der Waals surface area contributed by atoms with Gasteiger partial charge >= 0.3 is 11.9 Å². The molecule has 0 bridgehead atoms. The van der Waals surface area contributed by atoms with Gasteiger partial charge in [-0.15, -0.1) is 0 Å². The third-order valence-electron chi connectivity index (χ3n) is 5.65. The number of halogens is 1. The second kappa shape index (κ2) is 10.1. The number of benzene rings is 2. The number of nitrogens with zero attached hydrogens (tertiary/aromatic N) is 1. The monoisotopic (exact) mass is 469 g/mol. The molecule has 3 aromatic rings. The largest absolute Gasteiger partial charge is 0.478 e. The first-order valence-corrected chi connectivity index (χ1v) is 11.1. The summed E-state index contributed by atoms with van der Waals surface area (Å²) in [7, 11) is 0. The van der Waals surface area contributed by atoms with Crippen LogP contribution in [0.5, 0.6) is 5.75 Å². The molecule has 1 atom stereocenters. The molecule has 0 aliphatic carbocycles. The zero-order chi connectivity index (χ0) is 24.3. The number of hydrogen-bond donors (Lipinski definition) is 1. The fraction of sp³-hybridized carbons (Fsp3) is 0.308. The molecule has 33 heavy (non-hydrogen) atoms. The Hall–Kier alpha value is -3.25. The van der Waals surface area contributed by atoms with Crippen molar-refractivity contribution in [2.24, 2.45) is 5.92 Å². The quantitative estimate of drug-likeness (QED) is 0.317. The van der Waals surface area contributed by atoms with Gasteiger partial charge in [-0.1, -0.05) is 44.2 Å². The van der Waals surface area contributed by atoms with Gasteiger partial charge in [0.2, 0.25) is 0 Å². The lowest BCUT2D eigenvalue weighted by atomic mass is 10.1. The number of carboxylic acid groups (broad SMARTS) is 1. The summed E-state index contributed by atoms with van der Waals surface area (Å²) < 4.78 is 13.0. The number of fused-ring (bicyclic) bond motifs is 1. The fourth-order valence-electron chi connectivity index (χ4n) is 3.73. The van der Waals surface area contributed by atoms with Gasteiger partial charge in [0.05, 0.1) is 10.6 Å². The summed E-state index contributed by atoms with van der Waals surface area (Å²) in [6, 6.07) is 10.9. The summed E-state index contributed by atoms with van der Waals surface area (Å²) >= 11 is 6.29. The van der Waals surface area contributed by atoms with Crippen molar-refractivity contribution in [2.45, 2.75) is 40.3 Å². The predicted octanol–water partition coefficient (Wildman–Crippen LogP) is 5.79. The highest BCUT2D eigenvalue weighted by molar-refractivity contribution is 6.32. The molecular formula is C26H28ClNO5. The van der Waals surface area contributed by atoms with Gasteiger partial charge in [0.15, 0.2) is 6.10 Å². The molecular weight excluding hydrogens is 442 g/mol. The molecule has 0 aliphatic rings. The number of aryl methyl sites for hydroxylation is 1. The topological polar surface area (TPSA) is 77.8 Å². The summed E-state index contributed by atoms with van der Waals surface area (Å²) in [5, 5.41) is 10.8. The molecule has 1 aromatic heterocycles. The molecule has 0 spiro atoms. The zero-order valence-corrected chi connectivity index (χ0v) is 20.0. The van der Waals surface area contributed by atoms with Crippen LogP contribution in [0.1, 0.15) is 41.0 Å². The van der Waals surface area contributed by atoms with E-state index in [1.165, 1.54) is 6.08 Å². The van der Waals surface area contributed by atoms with Crippen LogP contribution in [0.4, 0.5) is 0 Å². The first kappa shape index (κ1) is 24.4. The number of aliphatic carboxylic acids is 1. The van der Waals surface area contributed by atoms with Gasteiger partial charge < -0.3 is 19.1 Å². The maximum Gasteiger partial charge on any atom is 0.345 e. The van der Waals surface area contributed by atoms with Crippen molar-refractivity contribution >= 4 is 34.4 Å². The molecule has 1 N–H and O–H groups in total. The second-order valence-electron chi connectivity index (χ2n) is 8.30. The van der Waals surface area contributed by atoms with Crippen LogP contribution >= 0.6 is 11.6 Å². The molecule has 0 radical (unpaired) electrons. The van der Waals surface area contributed by atoms with E-state index in [0.717, 1.165) is 27.7 Å². The molecule has 1 heterocycles. The van der Waals surface area contributed by atoms with Crippen LogP contribution in [0.25, 0.3) is 10.9 Å². The van der Waals surface area contributed by atoms with Crippen LogP contribution in [0.15, 0.2) is 49.1 Å². The van der Waals surface area contributed by atoms with Crippen molar-refractivity contribution in [3.05, 3.63) is 76.5 Å². The number of aromatic nitrogens is 1. The Bertz CT molecular complexity index is 1210. The molecule has 0 saturated carbocycles. The molecule has 0 fully saturated rings. The summed E-state index contributed by atoms with van der Waals surface area (Å²) in [5.41, 5.74) is 4.51. The molecule has 174 valence electrons. The number of carboxylic acids is 1. The summed E-state index contributed by atoms with van der Waals surface area (Å²) in [4.78, 5) is 23.8. The van der Waals surface area contributed by atoms with E-state index in [1.54, 1.807) is 32.0 Å². The van der Waals surface area contributed by atoms with Gasteiger partial charge in [0.25, 0.3) is 0 Å². The van der Waals surface area contributed by atoms with Gasteiger partial charge in [0, 0.05) is 29.1 Å². The highest BCUT2D eigenvalue weighted by atomic mass is 35.5. The maximum absolute atomic E-state index is 12.2. The van der Waals surface area contributed by atoms with Gasteiger partial charge in [-0.25, -0.2) is 9.59 Å². The van der Waals surface area contributed by atoms with E-state index < -0.39 is 12.1 Å². The predicted molar refractivity (Wildman–Crippen MR) is 129 cm³/mol. The average Bonchev–Trinajstić information content (AvgIpc) is 3.01. The van der Waals surface area contributed by atoms with E-state index in [0.29, 0.717) is 22.9 Å². The van der Waals surface area contributed by atoms with E-state index >= 15 is 0 Å². The van der Waals surface area contributed by atoms with Gasteiger partial charge in [-0.2, -0.15) is 0 Å². The first-order valence-electron chi connectivity index (χ1n) is 10.7. The highest BCUT2D eigenvalue weighted by Gasteiger charge is 2.24. The van der Waals surface area contributed by atoms with Crippen LogP contribution in [0.3, 0.4) is 0 Å². The Labute approximate surface area is 198 Å². The average molecular weight is 470 g/mol. The van der Waals surface area contributed by atoms with Gasteiger partial charge in [0.1, 0.15) is 12.4 Å². The summed E-state index contributed by atoms with van der Waals surface area (Å²) in [5.74, 6) is -1.29. The Kier molecular flexibility index (Phi) is 7.49. The standard InChI is InChI=1S/C26H28ClNO5/c1-6-11-32-26(31)19-8-10-22-20(13-19)16(4)17(5)28(22)14-18-7-9-21(27)23(12-18)33-24(15(2)3)25(29)30/h6-10,12-13,15,24H,1,11,14H2,2-5H3,(H,29,30)/t24-/m0/s1. The Morgan fingerprint density at radius 2 is 1.91 bits per heavy atom. The molecule has 0 aliphatic heterocycles. The van der Waals surface area contributed by atoms with E-state index in [4.69, 9.17) is 21.1 Å². The summed E-state index contributed by atoms with van der Waals surface area (Å²) in [6.45, 7) is 11.9. The number of rotatable bonds is 9. The Morgan fingerprint density at radius 3 is 2.55 bits per heavy atom. The molecule has 3 rings (SSSR count). The van der Waals surface area contributed by atoms with Crippen molar-refractivity contribution < 1.29 is 24.2 Å². The van der Waals surface area contributed by atoms with Crippen molar-refractivity contribution in [1.82, 2.24) is 4.57 Å². The molecule has 0 amide bonds. The maximum atomic E-state index is 12.2. The minimum absolute atomic E-state index is 0.163. The first-order chi connectivity index (χ1) is 15.6. The molecule has 0 unspecified atom stereocenters. The lowest BCUT2D eigenvalue weighted by Gasteiger charge is -2.20. The number of ether oxygens (including phenoxy) is 2. The Balaban J connectivity index is 1.95. The van der Waals surface area contributed by atoms with Crippen LogP contribution in [-0.4, -0.2) is 34.3 Å². The lowest BCUT2D eigenvalue weighted by Crippen LogP contribution is -2.32. The Morgan fingerprint density at radius 1 is 1.18 bits per heavy atom. The molecule has 2 aromatic carbocycles. The van der Waals surface area contributed by atoms with E-state index in [9.17, 15) is 14.7 Å². The van der Waals surface area contributed by atoms with E-state index in [-0.39, 0.29) is 18.5 Å². The molecule has 0 saturated heterocycles. The molecule has 7 heteroatoms. The minimum Gasteiger partial charge on any atom is -0.478 e. The van der Waals surface area contributed by atoms with Crippen molar-refractivity contribution in [2.75, 3.05) is 6.61 Å². The highest BCUT2D eigenvalue weighted by Crippen LogP contribution is 2.31. The number of hydrogen-bond acceptors (Lipinski definition) is 4. The lowest BCUT2D eigenvalue weighted by molar-refractivity contribution is -0.147. The zero-order valence-electron chi connectivity index (χ0n) is 19.2. The second-order valence-corrected chi connectivity index (χ2v) is 8.71. The van der Waals surface area contributed by atoms with Crippen LogP contribution in [-0.2, 0) is 16.1 Å². The van der Waals surface area contributed by atoms with Crippen LogP contribution in [0.2, 0.25) is 5.02 Å². The third-order valence-corrected chi connectivity index (χ3v) is 5.96. The van der Waals surface area contributed by atoms with Gasteiger partial charge in [-0.05, 0) is 55.3 Å². The smallest absolute Gasteiger partial charge is 0.345 e. The van der Waals surface area contributed by atoms with Crippen molar-refractivity contribution in [1.29, 1.82) is 0 Å². The minimum atomic E-state index is -1.03. The van der Waals surface area contributed by atoms with Crippen molar-refractivity contribution in [3.8, 4) is 5.75 Å². The number of carbonyl (C=O) groups excluding carboxylic acids is 1.